The molecule has 0 aromatic carbocycles. The SMILES string of the molecule is C#CC.CC.CCC(C)(CC)C/C=C\C(=C/Cc1cc(C)cc(C)n1)C(F)(F)F. The van der Waals surface area contributed by atoms with Crippen LogP contribution in [0, 0.1) is 31.6 Å². The molecule has 0 atom stereocenters. The molecule has 0 amide bonds. The zero-order chi connectivity index (χ0) is 23.1. The van der Waals surface area contributed by atoms with Gasteiger partial charge in [-0.25, -0.2) is 0 Å². The summed E-state index contributed by atoms with van der Waals surface area (Å²) in [7, 11) is 0. The van der Waals surface area contributed by atoms with Crippen molar-refractivity contribution in [1.29, 1.82) is 0 Å². The lowest BCUT2D eigenvalue weighted by atomic mass is 9.81. The molecule has 4 heteroatoms. The average Bonchev–Trinajstić information content (AvgIpc) is 2.64. The van der Waals surface area contributed by atoms with Crippen LogP contribution < -0.4 is 0 Å². The fraction of sp³-hybridized carbons (Fsp3) is 0.560. The van der Waals surface area contributed by atoms with Gasteiger partial charge < -0.3 is 0 Å². The number of aryl methyl sites for hydroxylation is 2. The van der Waals surface area contributed by atoms with Gasteiger partial charge >= 0.3 is 6.18 Å². The number of pyridine rings is 1. The summed E-state index contributed by atoms with van der Waals surface area (Å²) in [6.45, 7) is 15.7. The molecule has 0 fully saturated rings. The summed E-state index contributed by atoms with van der Waals surface area (Å²) in [6.07, 6.45) is 7.08. The van der Waals surface area contributed by atoms with Gasteiger partial charge in [0.05, 0.1) is 5.57 Å². The third kappa shape index (κ3) is 12.9. The van der Waals surface area contributed by atoms with Crippen LogP contribution in [0.4, 0.5) is 13.2 Å². The maximum absolute atomic E-state index is 13.2. The summed E-state index contributed by atoms with van der Waals surface area (Å²) < 4.78 is 39.7. The molecule has 0 N–H and O–H groups in total. The van der Waals surface area contributed by atoms with E-state index in [1.807, 2.05) is 39.8 Å². The van der Waals surface area contributed by atoms with Crippen molar-refractivity contribution in [2.45, 2.75) is 87.2 Å². The molecule has 0 bridgehead atoms. The Morgan fingerprint density at radius 3 is 2.07 bits per heavy atom. The van der Waals surface area contributed by atoms with E-state index in [2.05, 4.69) is 38.1 Å². The van der Waals surface area contributed by atoms with Gasteiger partial charge in [0.25, 0.3) is 0 Å². The number of halogens is 3. The first-order valence-corrected chi connectivity index (χ1v) is 10.3. The Morgan fingerprint density at radius 1 is 1.14 bits per heavy atom. The van der Waals surface area contributed by atoms with Crippen LogP contribution in [-0.2, 0) is 6.42 Å². The molecule has 0 saturated carbocycles. The van der Waals surface area contributed by atoms with Gasteiger partial charge in [-0.05, 0) is 50.3 Å². The van der Waals surface area contributed by atoms with Crippen LogP contribution in [0.2, 0.25) is 0 Å². The van der Waals surface area contributed by atoms with Crippen molar-refractivity contribution in [1.82, 2.24) is 4.98 Å². The minimum atomic E-state index is -4.34. The maximum Gasteiger partial charge on any atom is 0.416 e. The molecule has 0 saturated heterocycles. The summed E-state index contributed by atoms with van der Waals surface area (Å²) >= 11 is 0. The van der Waals surface area contributed by atoms with Crippen LogP contribution in [0.15, 0.2) is 35.9 Å². The molecule has 0 radical (unpaired) electrons. The van der Waals surface area contributed by atoms with Crippen molar-refractivity contribution >= 4 is 0 Å². The van der Waals surface area contributed by atoms with E-state index >= 15 is 0 Å². The fourth-order valence-corrected chi connectivity index (χ4v) is 2.53. The smallest absolute Gasteiger partial charge is 0.258 e. The highest BCUT2D eigenvalue weighted by Gasteiger charge is 2.31. The van der Waals surface area contributed by atoms with E-state index in [-0.39, 0.29) is 11.8 Å². The zero-order valence-corrected chi connectivity index (χ0v) is 19.4. The zero-order valence-electron chi connectivity index (χ0n) is 19.4. The Hall–Kier alpha value is -2.02. The minimum Gasteiger partial charge on any atom is -0.258 e. The number of rotatable bonds is 7. The molecular weight excluding hydrogens is 371 g/mol. The molecule has 0 unspecified atom stereocenters. The highest BCUT2D eigenvalue weighted by Crippen LogP contribution is 2.32. The van der Waals surface area contributed by atoms with E-state index < -0.39 is 11.7 Å². The first-order valence-electron chi connectivity index (χ1n) is 10.3. The molecule has 29 heavy (non-hydrogen) atoms. The monoisotopic (exact) mass is 409 g/mol. The van der Waals surface area contributed by atoms with Crippen molar-refractivity contribution in [2.24, 2.45) is 5.41 Å². The third-order valence-electron chi connectivity index (χ3n) is 4.62. The summed E-state index contributed by atoms with van der Waals surface area (Å²) in [5, 5.41) is 0. The highest BCUT2D eigenvalue weighted by molar-refractivity contribution is 5.27. The first-order chi connectivity index (χ1) is 13.5. The number of hydrogen-bond donors (Lipinski definition) is 0. The molecular formula is C25H38F3N. The van der Waals surface area contributed by atoms with Gasteiger partial charge in [0.1, 0.15) is 0 Å². The van der Waals surface area contributed by atoms with Crippen molar-refractivity contribution in [2.75, 3.05) is 0 Å². The third-order valence-corrected chi connectivity index (χ3v) is 4.62. The Kier molecular flexibility index (Phi) is 15.0. The lowest BCUT2D eigenvalue weighted by Gasteiger charge is -2.24. The van der Waals surface area contributed by atoms with Crippen LogP contribution in [0.25, 0.3) is 0 Å². The summed E-state index contributed by atoms with van der Waals surface area (Å²) in [4.78, 5) is 4.30. The first kappa shape index (κ1) is 29.2. The quantitative estimate of drug-likeness (QED) is 0.327. The van der Waals surface area contributed by atoms with Gasteiger partial charge in [0, 0.05) is 17.8 Å². The molecule has 1 aromatic rings. The lowest BCUT2D eigenvalue weighted by molar-refractivity contribution is -0.0884. The van der Waals surface area contributed by atoms with E-state index in [1.165, 1.54) is 12.2 Å². The number of hydrogen-bond acceptors (Lipinski definition) is 1. The number of aromatic nitrogens is 1. The normalized spacial score (nSPS) is 11.9. The molecule has 1 heterocycles. The van der Waals surface area contributed by atoms with Gasteiger partial charge in [0.15, 0.2) is 0 Å². The van der Waals surface area contributed by atoms with Crippen molar-refractivity contribution in [3.63, 3.8) is 0 Å². The van der Waals surface area contributed by atoms with Crippen molar-refractivity contribution < 1.29 is 13.2 Å². The lowest BCUT2D eigenvalue weighted by Crippen LogP contribution is -2.13. The number of terminal acetylenes is 1. The number of alkyl halides is 3. The summed E-state index contributed by atoms with van der Waals surface area (Å²) in [5.74, 6) is 2.25. The topological polar surface area (TPSA) is 12.9 Å². The second kappa shape index (κ2) is 14.9. The van der Waals surface area contributed by atoms with Crippen LogP contribution in [0.1, 0.15) is 77.8 Å². The van der Waals surface area contributed by atoms with Gasteiger partial charge in [0.2, 0.25) is 0 Å². The predicted molar refractivity (Wildman–Crippen MR) is 120 cm³/mol. The summed E-state index contributed by atoms with van der Waals surface area (Å²) in [6, 6.07) is 3.74. The van der Waals surface area contributed by atoms with Gasteiger partial charge in [-0.1, -0.05) is 65.7 Å². The maximum atomic E-state index is 13.2. The van der Waals surface area contributed by atoms with E-state index in [0.29, 0.717) is 12.1 Å². The van der Waals surface area contributed by atoms with Gasteiger partial charge in [-0.2, -0.15) is 13.2 Å². The summed E-state index contributed by atoms with van der Waals surface area (Å²) in [5.41, 5.74) is 1.95. The predicted octanol–water partition coefficient (Wildman–Crippen LogP) is 8.17. The van der Waals surface area contributed by atoms with Gasteiger partial charge in [-0.3, -0.25) is 4.98 Å². The van der Waals surface area contributed by atoms with Crippen LogP contribution in [0.3, 0.4) is 0 Å². The molecule has 0 aliphatic heterocycles. The molecule has 164 valence electrons. The Bertz CT molecular complexity index is 652. The van der Waals surface area contributed by atoms with Crippen LogP contribution >= 0.6 is 0 Å². The number of nitrogens with zero attached hydrogens (tertiary/aromatic N) is 1. The van der Waals surface area contributed by atoms with Crippen LogP contribution in [-0.4, -0.2) is 11.2 Å². The van der Waals surface area contributed by atoms with Gasteiger partial charge in [-0.15, -0.1) is 12.3 Å². The Morgan fingerprint density at radius 2 is 1.66 bits per heavy atom. The van der Waals surface area contributed by atoms with E-state index in [0.717, 1.165) is 24.1 Å². The van der Waals surface area contributed by atoms with Crippen molar-refractivity contribution in [3.05, 3.63) is 52.9 Å². The van der Waals surface area contributed by atoms with E-state index in [1.54, 1.807) is 13.0 Å². The molecule has 0 aliphatic carbocycles. The van der Waals surface area contributed by atoms with E-state index in [4.69, 9.17) is 0 Å². The van der Waals surface area contributed by atoms with Crippen LogP contribution in [0.5, 0.6) is 0 Å². The highest BCUT2D eigenvalue weighted by atomic mass is 19.4. The Labute approximate surface area is 176 Å². The molecule has 1 aromatic heterocycles. The fourth-order valence-electron chi connectivity index (χ4n) is 2.53. The molecule has 1 nitrogen and oxygen atoms in total. The van der Waals surface area contributed by atoms with E-state index in [9.17, 15) is 13.2 Å². The molecule has 0 spiro atoms. The standard InChI is InChI=1S/C20H28F3N.C3H4.C2H6/c1-6-19(5,7-2)12-8-9-17(20(21,22)23)10-11-18-14-15(3)13-16(4)24-18;1-3-2;1-2/h8-10,13-14H,6-7,11-12H2,1-5H3;1H,2H3;1-2H3/b9-8-,17-10+;;. The Balaban J connectivity index is 0. The van der Waals surface area contributed by atoms with Crippen molar-refractivity contribution in [3.8, 4) is 12.3 Å². The largest absolute Gasteiger partial charge is 0.416 e. The second-order valence-electron chi connectivity index (χ2n) is 7.05. The second-order valence-corrected chi connectivity index (χ2v) is 7.05. The number of allylic oxidation sites excluding steroid dienone is 4. The molecule has 1 rings (SSSR count). The molecule has 0 aliphatic rings. The minimum absolute atomic E-state index is 0.0580. The average molecular weight is 410 g/mol.